The Morgan fingerprint density at radius 2 is 1.58 bits per heavy atom. The topological polar surface area (TPSA) is 41.9 Å². The third-order valence-electron chi connectivity index (χ3n) is 4.64. The van der Waals surface area contributed by atoms with Crippen molar-refractivity contribution < 1.29 is 0 Å². The van der Waals surface area contributed by atoms with E-state index in [1.807, 2.05) is 0 Å². The van der Waals surface area contributed by atoms with E-state index in [4.69, 9.17) is 23.2 Å². The summed E-state index contributed by atoms with van der Waals surface area (Å²) in [5.74, 6) is 0.687. The third kappa shape index (κ3) is 2.79. The van der Waals surface area contributed by atoms with Crippen LogP contribution >= 0.6 is 23.2 Å². The number of rotatable bonds is 1. The maximum Gasteiger partial charge on any atom is 0.245 e. The standard InChI is InChI=1S/C13H18Cl2N4/c14-10-11(16-12(15)18-17-10)19-8-6-13(7-9-19)4-2-1-3-5-13/h1-9H2. The molecule has 1 spiro atoms. The van der Waals surface area contributed by atoms with Gasteiger partial charge in [0.25, 0.3) is 0 Å². The lowest BCUT2D eigenvalue weighted by Gasteiger charge is -2.44. The highest BCUT2D eigenvalue weighted by molar-refractivity contribution is 6.32. The fourth-order valence-corrected chi connectivity index (χ4v) is 3.80. The molecule has 104 valence electrons. The van der Waals surface area contributed by atoms with Gasteiger partial charge in [-0.05, 0) is 42.7 Å². The molecule has 6 heteroatoms. The molecule has 0 aromatic carbocycles. The van der Waals surface area contributed by atoms with Crippen LogP contribution in [0, 0.1) is 5.41 Å². The van der Waals surface area contributed by atoms with Gasteiger partial charge in [-0.3, -0.25) is 0 Å². The van der Waals surface area contributed by atoms with Crippen molar-refractivity contribution in [1.29, 1.82) is 0 Å². The third-order valence-corrected chi connectivity index (χ3v) is 5.05. The van der Waals surface area contributed by atoms with Crippen molar-refractivity contribution in [3.05, 3.63) is 10.4 Å². The molecular formula is C13H18Cl2N4. The number of hydrogen-bond donors (Lipinski definition) is 0. The average molecular weight is 301 g/mol. The zero-order valence-electron chi connectivity index (χ0n) is 10.9. The van der Waals surface area contributed by atoms with Crippen LogP contribution in [0.1, 0.15) is 44.9 Å². The van der Waals surface area contributed by atoms with Crippen molar-refractivity contribution in [2.45, 2.75) is 44.9 Å². The Kier molecular flexibility index (Phi) is 3.81. The molecule has 1 aromatic rings. The molecular weight excluding hydrogens is 283 g/mol. The van der Waals surface area contributed by atoms with Gasteiger partial charge in [-0.15, -0.1) is 10.2 Å². The predicted molar refractivity (Wildman–Crippen MR) is 76.8 cm³/mol. The van der Waals surface area contributed by atoms with Gasteiger partial charge < -0.3 is 4.90 Å². The maximum absolute atomic E-state index is 6.07. The highest BCUT2D eigenvalue weighted by atomic mass is 35.5. The molecule has 2 heterocycles. The highest BCUT2D eigenvalue weighted by Gasteiger charge is 2.36. The summed E-state index contributed by atoms with van der Waals surface area (Å²) >= 11 is 11.9. The van der Waals surface area contributed by atoms with Gasteiger partial charge in [0, 0.05) is 13.1 Å². The molecule has 0 amide bonds. The van der Waals surface area contributed by atoms with Gasteiger partial charge in [0.05, 0.1) is 0 Å². The molecule has 2 fully saturated rings. The molecule has 3 rings (SSSR count). The molecule has 0 atom stereocenters. The van der Waals surface area contributed by atoms with E-state index in [1.165, 1.54) is 44.9 Å². The van der Waals surface area contributed by atoms with E-state index in [-0.39, 0.29) is 5.28 Å². The summed E-state index contributed by atoms with van der Waals surface area (Å²) in [6.45, 7) is 1.99. The Morgan fingerprint density at radius 1 is 0.895 bits per heavy atom. The van der Waals surface area contributed by atoms with E-state index in [2.05, 4.69) is 20.1 Å². The Bertz CT molecular complexity index is 450. The van der Waals surface area contributed by atoms with Crippen LogP contribution in [0.25, 0.3) is 0 Å². The van der Waals surface area contributed by atoms with E-state index < -0.39 is 0 Å². The molecule has 4 nitrogen and oxygen atoms in total. The van der Waals surface area contributed by atoms with Crippen LogP contribution in [0.2, 0.25) is 10.4 Å². The molecule has 0 bridgehead atoms. The van der Waals surface area contributed by atoms with Crippen LogP contribution in [-0.4, -0.2) is 28.3 Å². The van der Waals surface area contributed by atoms with Crippen LogP contribution in [0.15, 0.2) is 0 Å². The number of halogens is 2. The van der Waals surface area contributed by atoms with Crippen LogP contribution in [0.5, 0.6) is 0 Å². The predicted octanol–water partition coefficient (Wildman–Crippen LogP) is 3.73. The van der Waals surface area contributed by atoms with Gasteiger partial charge in [0.15, 0.2) is 11.0 Å². The zero-order chi connectivity index (χ0) is 13.3. The lowest BCUT2D eigenvalue weighted by atomic mass is 9.68. The van der Waals surface area contributed by atoms with Crippen LogP contribution in [-0.2, 0) is 0 Å². The first-order valence-electron chi connectivity index (χ1n) is 6.99. The van der Waals surface area contributed by atoms with E-state index in [0.717, 1.165) is 13.1 Å². The van der Waals surface area contributed by atoms with Gasteiger partial charge in [-0.1, -0.05) is 30.9 Å². The second-order valence-corrected chi connectivity index (χ2v) is 6.44. The summed E-state index contributed by atoms with van der Waals surface area (Å²) in [6.07, 6.45) is 9.41. The summed E-state index contributed by atoms with van der Waals surface area (Å²) < 4.78 is 0. The minimum absolute atomic E-state index is 0.164. The Balaban J connectivity index is 1.71. The molecule has 0 unspecified atom stereocenters. The lowest BCUT2D eigenvalue weighted by molar-refractivity contribution is 0.144. The number of hydrogen-bond acceptors (Lipinski definition) is 4. The minimum atomic E-state index is 0.164. The van der Waals surface area contributed by atoms with Crippen molar-refractivity contribution in [1.82, 2.24) is 15.2 Å². The van der Waals surface area contributed by atoms with Crippen LogP contribution < -0.4 is 4.90 Å². The van der Waals surface area contributed by atoms with Crippen LogP contribution in [0.3, 0.4) is 0 Å². The molecule has 1 aliphatic heterocycles. The zero-order valence-corrected chi connectivity index (χ0v) is 12.4. The fraction of sp³-hybridized carbons (Fsp3) is 0.769. The van der Waals surface area contributed by atoms with E-state index in [0.29, 0.717) is 16.4 Å². The second kappa shape index (κ2) is 5.41. The molecule has 1 aliphatic carbocycles. The summed E-state index contributed by atoms with van der Waals surface area (Å²) in [6, 6.07) is 0. The SMILES string of the molecule is Clc1nnc(Cl)c(N2CCC3(CCCCC3)CC2)n1. The molecule has 0 radical (unpaired) electrons. The van der Waals surface area contributed by atoms with Crippen molar-refractivity contribution in [3.8, 4) is 0 Å². The number of piperidine rings is 1. The number of aromatic nitrogens is 3. The summed E-state index contributed by atoms with van der Waals surface area (Å²) in [4.78, 5) is 6.41. The molecule has 1 saturated heterocycles. The fourth-order valence-electron chi connectivity index (χ4n) is 3.48. The Labute approximate surface area is 123 Å². The molecule has 19 heavy (non-hydrogen) atoms. The van der Waals surface area contributed by atoms with Gasteiger partial charge in [0.1, 0.15) is 0 Å². The van der Waals surface area contributed by atoms with E-state index >= 15 is 0 Å². The molecule has 1 saturated carbocycles. The van der Waals surface area contributed by atoms with Crippen molar-refractivity contribution in [2.75, 3.05) is 18.0 Å². The summed E-state index contributed by atoms with van der Waals surface area (Å²) in [5.41, 5.74) is 0.575. The van der Waals surface area contributed by atoms with Crippen molar-refractivity contribution >= 4 is 29.0 Å². The van der Waals surface area contributed by atoms with Gasteiger partial charge in [-0.25, -0.2) is 0 Å². The van der Waals surface area contributed by atoms with Crippen molar-refractivity contribution in [2.24, 2.45) is 5.41 Å². The quantitative estimate of drug-likeness (QED) is 0.792. The van der Waals surface area contributed by atoms with E-state index in [9.17, 15) is 0 Å². The minimum Gasteiger partial charge on any atom is -0.354 e. The number of anilines is 1. The molecule has 1 aromatic heterocycles. The van der Waals surface area contributed by atoms with Gasteiger partial charge in [0.2, 0.25) is 5.28 Å². The lowest BCUT2D eigenvalue weighted by Crippen LogP contribution is -2.41. The van der Waals surface area contributed by atoms with Crippen molar-refractivity contribution in [3.63, 3.8) is 0 Å². The maximum atomic E-state index is 6.07. The van der Waals surface area contributed by atoms with Gasteiger partial charge >= 0.3 is 0 Å². The first kappa shape index (κ1) is 13.4. The Morgan fingerprint density at radius 3 is 2.26 bits per heavy atom. The normalized spacial score (nSPS) is 22.7. The molecule has 2 aliphatic rings. The van der Waals surface area contributed by atoms with Crippen LogP contribution in [0.4, 0.5) is 5.82 Å². The monoisotopic (exact) mass is 300 g/mol. The second-order valence-electron chi connectivity index (χ2n) is 5.74. The van der Waals surface area contributed by atoms with Gasteiger partial charge in [-0.2, -0.15) is 4.98 Å². The first-order valence-corrected chi connectivity index (χ1v) is 7.75. The highest BCUT2D eigenvalue weighted by Crippen LogP contribution is 2.45. The smallest absolute Gasteiger partial charge is 0.245 e. The Hall–Kier alpha value is -0.610. The average Bonchev–Trinajstić information content (AvgIpc) is 2.44. The largest absolute Gasteiger partial charge is 0.354 e. The first-order chi connectivity index (χ1) is 9.19. The number of nitrogens with zero attached hydrogens (tertiary/aromatic N) is 4. The summed E-state index contributed by atoms with van der Waals surface area (Å²) in [7, 11) is 0. The van der Waals surface area contributed by atoms with E-state index in [1.54, 1.807) is 0 Å². The summed E-state index contributed by atoms with van der Waals surface area (Å²) in [5, 5.41) is 8.02. The molecule has 0 N–H and O–H groups in total.